The summed E-state index contributed by atoms with van der Waals surface area (Å²) in [6.07, 6.45) is 4.95. The molecule has 8 heteroatoms. The van der Waals surface area contributed by atoms with Crippen LogP contribution < -0.4 is 4.74 Å². The fourth-order valence-corrected chi connectivity index (χ4v) is 4.21. The van der Waals surface area contributed by atoms with E-state index in [0.29, 0.717) is 36.5 Å². The summed E-state index contributed by atoms with van der Waals surface area (Å²) in [5.74, 6) is -0.251. The number of nitrogens with zero attached hydrogens (tertiary/aromatic N) is 4. The Morgan fingerprint density at radius 2 is 1.76 bits per heavy atom. The van der Waals surface area contributed by atoms with Crippen LogP contribution in [0.1, 0.15) is 32.3 Å². The van der Waals surface area contributed by atoms with Gasteiger partial charge in [0.05, 0.1) is 18.0 Å². The van der Waals surface area contributed by atoms with Gasteiger partial charge in [-0.25, -0.2) is 4.68 Å². The second-order valence-corrected chi connectivity index (χ2v) is 8.86. The van der Waals surface area contributed by atoms with E-state index < -0.39 is 11.8 Å². The molecule has 0 fully saturated rings. The summed E-state index contributed by atoms with van der Waals surface area (Å²) >= 11 is 0. The third-order valence-corrected chi connectivity index (χ3v) is 6.22. The highest BCUT2D eigenvalue weighted by atomic mass is 16.5. The van der Waals surface area contributed by atoms with Gasteiger partial charge in [-0.2, -0.15) is 10.4 Å². The summed E-state index contributed by atoms with van der Waals surface area (Å²) < 4.78 is 12.6. The van der Waals surface area contributed by atoms with Crippen molar-refractivity contribution in [2.45, 2.75) is 26.7 Å². The summed E-state index contributed by atoms with van der Waals surface area (Å²) in [6, 6.07) is 19.3. The van der Waals surface area contributed by atoms with Crippen molar-refractivity contribution in [1.29, 1.82) is 5.26 Å². The third-order valence-electron chi connectivity index (χ3n) is 6.22. The zero-order chi connectivity index (χ0) is 27.1. The maximum absolute atomic E-state index is 13.5. The number of carbonyl (C=O) groups is 2. The number of nitriles is 1. The van der Waals surface area contributed by atoms with Crippen LogP contribution in [0.4, 0.5) is 0 Å². The van der Waals surface area contributed by atoms with E-state index in [2.05, 4.69) is 6.92 Å². The molecule has 38 heavy (non-hydrogen) atoms. The SMILES string of the molecule is CCCOc1ccc(-c2nn(-c3ccccc3)cc2/C=C2/C(=O)N(CCCOC)C(=O)C(C#N)=C2C)cc1. The number of hydrogen-bond donors (Lipinski definition) is 0. The average molecular weight is 511 g/mol. The van der Waals surface area contributed by atoms with Gasteiger partial charge in [0, 0.05) is 43.2 Å². The van der Waals surface area contributed by atoms with Gasteiger partial charge in [-0.05, 0) is 67.8 Å². The van der Waals surface area contributed by atoms with Gasteiger partial charge < -0.3 is 9.47 Å². The molecule has 2 aromatic carbocycles. The number of para-hydroxylation sites is 1. The largest absolute Gasteiger partial charge is 0.494 e. The molecule has 2 amide bonds. The van der Waals surface area contributed by atoms with Crippen LogP contribution in [0.3, 0.4) is 0 Å². The molecule has 0 spiro atoms. The molecular weight excluding hydrogens is 480 g/mol. The molecule has 1 aromatic heterocycles. The number of hydrogen-bond acceptors (Lipinski definition) is 6. The van der Waals surface area contributed by atoms with E-state index in [0.717, 1.165) is 28.3 Å². The van der Waals surface area contributed by atoms with E-state index in [1.807, 2.05) is 66.9 Å². The molecule has 0 radical (unpaired) electrons. The van der Waals surface area contributed by atoms with Gasteiger partial charge in [-0.1, -0.05) is 25.1 Å². The normalized spacial score (nSPS) is 14.8. The minimum Gasteiger partial charge on any atom is -0.494 e. The monoisotopic (exact) mass is 510 g/mol. The molecule has 0 atom stereocenters. The first kappa shape index (κ1) is 26.6. The van der Waals surface area contributed by atoms with Crippen LogP contribution in [0, 0.1) is 11.3 Å². The summed E-state index contributed by atoms with van der Waals surface area (Å²) in [7, 11) is 1.56. The Kier molecular flexibility index (Phi) is 8.51. The minimum absolute atomic E-state index is 0.0392. The summed E-state index contributed by atoms with van der Waals surface area (Å²) in [5.41, 5.74) is 3.64. The number of rotatable bonds is 10. The Morgan fingerprint density at radius 3 is 2.42 bits per heavy atom. The lowest BCUT2D eigenvalue weighted by Gasteiger charge is -2.27. The summed E-state index contributed by atoms with van der Waals surface area (Å²) in [6.45, 7) is 4.88. The molecule has 0 N–H and O–H groups in total. The van der Waals surface area contributed by atoms with Crippen molar-refractivity contribution in [3.63, 3.8) is 0 Å². The van der Waals surface area contributed by atoms with E-state index in [1.165, 1.54) is 0 Å². The quantitative estimate of drug-likeness (QED) is 0.217. The van der Waals surface area contributed by atoms with Crippen molar-refractivity contribution < 1.29 is 19.1 Å². The maximum atomic E-state index is 13.5. The zero-order valence-corrected chi connectivity index (χ0v) is 21.8. The molecule has 0 unspecified atom stereocenters. The van der Waals surface area contributed by atoms with Crippen LogP contribution in [0.2, 0.25) is 0 Å². The van der Waals surface area contributed by atoms with Gasteiger partial charge in [-0.3, -0.25) is 14.5 Å². The van der Waals surface area contributed by atoms with E-state index in [-0.39, 0.29) is 17.7 Å². The van der Waals surface area contributed by atoms with Crippen molar-refractivity contribution in [3.05, 3.63) is 83.1 Å². The number of aromatic nitrogens is 2. The molecule has 1 aliphatic heterocycles. The number of benzene rings is 2. The number of amides is 2. The molecule has 0 bridgehead atoms. The van der Waals surface area contributed by atoms with Gasteiger partial charge >= 0.3 is 0 Å². The first-order chi connectivity index (χ1) is 18.5. The lowest BCUT2D eigenvalue weighted by Crippen LogP contribution is -2.43. The number of imide groups is 1. The van der Waals surface area contributed by atoms with Crippen molar-refractivity contribution in [2.24, 2.45) is 0 Å². The fourth-order valence-electron chi connectivity index (χ4n) is 4.21. The summed E-state index contributed by atoms with van der Waals surface area (Å²) in [4.78, 5) is 27.5. The van der Waals surface area contributed by atoms with E-state index in [4.69, 9.17) is 14.6 Å². The highest BCUT2D eigenvalue weighted by molar-refractivity contribution is 6.19. The molecule has 3 aromatic rings. The Bertz CT molecular complexity index is 1410. The Morgan fingerprint density at radius 1 is 1.03 bits per heavy atom. The van der Waals surface area contributed by atoms with Crippen molar-refractivity contribution >= 4 is 17.9 Å². The van der Waals surface area contributed by atoms with E-state index >= 15 is 0 Å². The third kappa shape index (κ3) is 5.58. The maximum Gasteiger partial charge on any atom is 0.271 e. The standard InChI is InChI=1S/C30H30N4O4/c1-4-16-38-25-13-11-22(12-14-25)28-23(20-34(32-28)24-9-6-5-7-10-24)18-26-21(2)27(19-31)30(36)33(29(26)35)15-8-17-37-3/h5-7,9-14,18,20H,4,8,15-17H2,1-3H3/b26-18+. The Labute approximate surface area is 222 Å². The van der Waals surface area contributed by atoms with Gasteiger partial charge in [-0.15, -0.1) is 0 Å². The van der Waals surface area contributed by atoms with Crippen LogP contribution in [-0.4, -0.2) is 53.4 Å². The van der Waals surface area contributed by atoms with Crippen molar-refractivity contribution in [2.75, 3.05) is 26.9 Å². The van der Waals surface area contributed by atoms with Crippen LogP contribution in [0.5, 0.6) is 5.75 Å². The fraction of sp³-hybridized carbons (Fsp3) is 0.267. The second kappa shape index (κ2) is 12.2. The lowest BCUT2D eigenvalue weighted by molar-refractivity contribution is -0.140. The van der Waals surface area contributed by atoms with Gasteiger partial charge in [0.25, 0.3) is 11.8 Å². The number of ether oxygens (including phenoxy) is 2. The predicted octanol–water partition coefficient (Wildman–Crippen LogP) is 4.96. The van der Waals surface area contributed by atoms with Crippen LogP contribution >= 0.6 is 0 Å². The molecule has 0 aliphatic carbocycles. The first-order valence-electron chi connectivity index (χ1n) is 12.5. The summed E-state index contributed by atoms with van der Waals surface area (Å²) in [5, 5.41) is 14.6. The molecule has 0 saturated carbocycles. The first-order valence-corrected chi connectivity index (χ1v) is 12.5. The van der Waals surface area contributed by atoms with Gasteiger partial charge in [0.1, 0.15) is 17.4 Å². The highest BCUT2D eigenvalue weighted by Crippen LogP contribution is 2.32. The van der Waals surface area contributed by atoms with Gasteiger partial charge in [0.15, 0.2) is 0 Å². The van der Waals surface area contributed by atoms with E-state index in [9.17, 15) is 14.9 Å². The Balaban J connectivity index is 1.82. The van der Waals surface area contributed by atoms with Crippen LogP contribution in [0.15, 0.2) is 77.5 Å². The highest BCUT2D eigenvalue weighted by Gasteiger charge is 2.35. The number of carbonyl (C=O) groups excluding carboxylic acids is 2. The number of methoxy groups -OCH3 is 1. The Hall–Kier alpha value is -4.48. The molecule has 8 nitrogen and oxygen atoms in total. The van der Waals surface area contributed by atoms with Crippen molar-refractivity contribution in [1.82, 2.24) is 14.7 Å². The van der Waals surface area contributed by atoms with Gasteiger partial charge in [0.2, 0.25) is 0 Å². The smallest absolute Gasteiger partial charge is 0.271 e. The zero-order valence-electron chi connectivity index (χ0n) is 21.8. The molecular formula is C30H30N4O4. The lowest BCUT2D eigenvalue weighted by atomic mass is 9.93. The van der Waals surface area contributed by atoms with Crippen molar-refractivity contribution in [3.8, 4) is 28.8 Å². The molecule has 2 heterocycles. The minimum atomic E-state index is -0.578. The van der Waals surface area contributed by atoms with Crippen LogP contribution in [0.25, 0.3) is 23.0 Å². The molecule has 0 saturated heterocycles. The topological polar surface area (TPSA) is 97.4 Å². The molecule has 4 rings (SSSR count). The molecule has 1 aliphatic rings. The van der Waals surface area contributed by atoms with E-state index in [1.54, 1.807) is 24.8 Å². The molecule has 194 valence electrons. The average Bonchev–Trinajstić information content (AvgIpc) is 3.37. The predicted molar refractivity (Wildman–Crippen MR) is 144 cm³/mol. The second-order valence-electron chi connectivity index (χ2n) is 8.86. The van der Waals surface area contributed by atoms with Crippen LogP contribution in [-0.2, 0) is 14.3 Å².